The number of aromatic nitrogens is 3. The Kier molecular flexibility index (Phi) is 6.62. The van der Waals surface area contributed by atoms with Gasteiger partial charge in [-0.25, -0.2) is 14.3 Å². The van der Waals surface area contributed by atoms with Gasteiger partial charge in [-0.2, -0.15) is 0 Å². The number of β-lactam (4-membered cyclic amide) rings is 1. The molecule has 2 atom stereocenters. The lowest BCUT2D eigenvalue weighted by Gasteiger charge is -2.49. The number of nitrogen functional groups attached to an aromatic ring is 1. The maximum absolute atomic E-state index is 13.0. The SMILES string of the molecule is CO/N=C(\C(=O)N[C@@H]1C(=O)N2C(C(=O)O)=C(C[n+]3ccc(-c4ccno4)cc3)CS[C@H]12)c1csc(N)n1. The van der Waals surface area contributed by atoms with E-state index in [0.717, 1.165) is 16.9 Å². The van der Waals surface area contributed by atoms with Gasteiger partial charge in [-0.15, -0.1) is 23.1 Å². The summed E-state index contributed by atoms with van der Waals surface area (Å²) in [4.78, 5) is 48.1. The number of rotatable bonds is 8. The third-order valence-corrected chi connectivity index (χ3v) is 7.70. The number of pyridine rings is 1. The Hall–Kier alpha value is -4.24. The maximum atomic E-state index is 13.0. The van der Waals surface area contributed by atoms with Crippen LogP contribution in [0.5, 0.6) is 0 Å². The van der Waals surface area contributed by atoms with Crippen molar-refractivity contribution < 1.29 is 33.4 Å². The first-order valence-corrected chi connectivity index (χ1v) is 12.7. The molecular weight excluding hydrogens is 522 g/mol. The minimum Gasteiger partial charge on any atom is -0.477 e. The first kappa shape index (κ1) is 24.5. The Morgan fingerprint density at radius 2 is 2.16 bits per heavy atom. The number of amides is 2. The van der Waals surface area contributed by atoms with E-state index in [1.165, 1.54) is 23.8 Å². The number of thioether (sulfide) groups is 1. The van der Waals surface area contributed by atoms with E-state index in [-0.39, 0.29) is 28.8 Å². The van der Waals surface area contributed by atoms with E-state index in [1.807, 2.05) is 16.7 Å². The molecule has 0 bridgehead atoms. The number of anilines is 1. The molecule has 5 rings (SSSR count). The number of nitrogens with one attached hydrogen (secondary N) is 1. The Morgan fingerprint density at radius 1 is 1.38 bits per heavy atom. The fraction of sp³-hybridized carbons (Fsp3) is 0.227. The number of hydrogen-bond acceptors (Lipinski definition) is 11. The van der Waals surface area contributed by atoms with Crippen LogP contribution in [0.3, 0.4) is 0 Å². The largest absolute Gasteiger partial charge is 0.477 e. The van der Waals surface area contributed by atoms with Crippen molar-refractivity contribution in [2.75, 3.05) is 18.6 Å². The molecule has 1 fully saturated rings. The predicted molar refractivity (Wildman–Crippen MR) is 132 cm³/mol. The number of thiazole rings is 1. The Morgan fingerprint density at radius 3 is 2.78 bits per heavy atom. The highest BCUT2D eigenvalue weighted by atomic mass is 32.2. The third kappa shape index (κ3) is 4.65. The van der Waals surface area contributed by atoms with Crippen LogP contribution in [0.4, 0.5) is 5.13 Å². The summed E-state index contributed by atoms with van der Waals surface area (Å²) in [5.74, 6) is -1.44. The van der Waals surface area contributed by atoms with Crippen LogP contribution in [0.25, 0.3) is 11.3 Å². The van der Waals surface area contributed by atoms with Gasteiger partial charge in [-0.1, -0.05) is 10.3 Å². The normalized spacial score (nSPS) is 19.3. The zero-order valence-electron chi connectivity index (χ0n) is 19.2. The average molecular weight is 543 g/mol. The molecular formula is C22H20N7O6S2+. The van der Waals surface area contributed by atoms with Crippen LogP contribution in [-0.2, 0) is 25.8 Å². The van der Waals surface area contributed by atoms with Crippen molar-refractivity contribution in [1.29, 1.82) is 0 Å². The van der Waals surface area contributed by atoms with E-state index >= 15 is 0 Å². The zero-order chi connectivity index (χ0) is 26.1. The second-order valence-corrected chi connectivity index (χ2v) is 9.94. The minimum atomic E-state index is -1.21. The molecule has 3 aromatic rings. The van der Waals surface area contributed by atoms with E-state index in [9.17, 15) is 19.5 Å². The first-order chi connectivity index (χ1) is 17.9. The quantitative estimate of drug-likeness (QED) is 0.157. The summed E-state index contributed by atoms with van der Waals surface area (Å²) in [5.41, 5.74) is 7.04. The summed E-state index contributed by atoms with van der Waals surface area (Å²) in [5, 5.41) is 21.2. The van der Waals surface area contributed by atoms with Crippen LogP contribution >= 0.6 is 23.1 Å². The molecule has 0 aromatic carbocycles. The first-order valence-electron chi connectivity index (χ1n) is 10.8. The van der Waals surface area contributed by atoms with Crippen LogP contribution in [0.1, 0.15) is 5.69 Å². The van der Waals surface area contributed by atoms with Gasteiger partial charge < -0.3 is 25.5 Å². The Labute approximate surface area is 217 Å². The molecule has 13 nitrogen and oxygen atoms in total. The number of hydrogen-bond donors (Lipinski definition) is 3. The number of aliphatic carboxylic acids is 1. The van der Waals surface area contributed by atoms with Crippen LogP contribution in [-0.4, -0.2) is 67.9 Å². The van der Waals surface area contributed by atoms with Gasteiger partial charge in [-0.05, 0) is 0 Å². The van der Waals surface area contributed by atoms with Crippen LogP contribution in [0.15, 0.2) is 63.1 Å². The number of fused-ring (bicyclic) bond motifs is 1. The van der Waals surface area contributed by atoms with Gasteiger partial charge in [0, 0.05) is 40.5 Å². The number of carboxylic acid groups (broad SMARTS) is 1. The molecule has 0 spiro atoms. The standard InChI is InChI=1S/C22H19N7O6S2/c1-34-27-15(13-10-37-22(23)25-13)18(30)26-16-19(31)29-17(21(32)33)12(9-36-20(16)29)8-28-6-3-11(4-7-28)14-2-5-24-35-14/h2-7,10,16,20H,8-9H2,1H3,(H3-,23,25,26,30,32,33)/p+1/b27-15-/t16-,20-/m1/s1. The second kappa shape index (κ2) is 10.0. The van der Waals surface area contributed by atoms with Gasteiger partial charge in [0.1, 0.15) is 29.9 Å². The molecule has 1 saturated heterocycles. The lowest BCUT2D eigenvalue weighted by Crippen LogP contribution is -2.71. The van der Waals surface area contributed by atoms with Crippen molar-refractivity contribution in [3.8, 4) is 11.3 Å². The van der Waals surface area contributed by atoms with Crippen molar-refractivity contribution in [2.24, 2.45) is 5.16 Å². The number of carbonyl (C=O) groups is 3. The second-order valence-electron chi connectivity index (χ2n) is 7.95. The van der Waals surface area contributed by atoms with E-state index in [2.05, 4.69) is 20.6 Å². The average Bonchev–Trinajstić information content (AvgIpc) is 3.58. The Balaban J connectivity index is 1.32. The third-order valence-electron chi connectivity index (χ3n) is 5.69. The molecule has 4 N–H and O–H groups in total. The fourth-order valence-corrected chi connectivity index (χ4v) is 5.90. The van der Waals surface area contributed by atoms with Gasteiger partial charge in [0.2, 0.25) is 0 Å². The lowest BCUT2D eigenvalue weighted by molar-refractivity contribution is -0.689. The van der Waals surface area contributed by atoms with Crippen LogP contribution in [0.2, 0.25) is 0 Å². The van der Waals surface area contributed by atoms with E-state index in [1.54, 1.807) is 30.0 Å². The lowest BCUT2D eigenvalue weighted by atomic mass is 10.0. The van der Waals surface area contributed by atoms with Gasteiger partial charge in [0.05, 0.1) is 6.20 Å². The summed E-state index contributed by atoms with van der Waals surface area (Å²) in [7, 11) is 1.28. The highest BCUT2D eigenvalue weighted by molar-refractivity contribution is 8.00. The minimum absolute atomic E-state index is 0.0795. The number of carboxylic acids is 1. The van der Waals surface area contributed by atoms with E-state index < -0.39 is 29.2 Å². The number of nitrogens with two attached hydrogens (primary N) is 1. The number of carbonyl (C=O) groups excluding carboxylic acids is 2. The molecule has 0 unspecified atom stereocenters. The summed E-state index contributed by atoms with van der Waals surface area (Å²) in [6, 6.07) is 4.47. The molecule has 3 aromatic heterocycles. The molecule has 2 amide bonds. The molecule has 37 heavy (non-hydrogen) atoms. The van der Waals surface area contributed by atoms with Gasteiger partial charge >= 0.3 is 5.97 Å². The molecule has 0 saturated carbocycles. The summed E-state index contributed by atoms with van der Waals surface area (Å²) in [6.45, 7) is 0.273. The summed E-state index contributed by atoms with van der Waals surface area (Å²) < 4.78 is 6.96. The molecule has 2 aliphatic heterocycles. The molecule has 15 heteroatoms. The molecule has 190 valence electrons. The summed E-state index contributed by atoms with van der Waals surface area (Å²) >= 11 is 2.50. The van der Waals surface area contributed by atoms with Crippen LogP contribution < -0.4 is 15.6 Å². The van der Waals surface area contributed by atoms with E-state index in [4.69, 9.17) is 15.1 Å². The molecule has 2 aliphatic rings. The molecule has 5 heterocycles. The fourth-order valence-electron chi connectivity index (χ4n) is 4.02. The maximum Gasteiger partial charge on any atom is 0.352 e. The van der Waals surface area contributed by atoms with E-state index in [0.29, 0.717) is 17.1 Å². The van der Waals surface area contributed by atoms with Crippen molar-refractivity contribution >= 4 is 51.7 Å². The number of nitrogens with zero attached hydrogens (tertiary/aromatic N) is 5. The zero-order valence-corrected chi connectivity index (χ0v) is 20.9. The summed E-state index contributed by atoms with van der Waals surface area (Å²) in [6.07, 6.45) is 5.14. The van der Waals surface area contributed by atoms with Crippen molar-refractivity contribution in [3.05, 3.63) is 59.1 Å². The van der Waals surface area contributed by atoms with Crippen molar-refractivity contribution in [3.63, 3.8) is 0 Å². The van der Waals surface area contributed by atoms with Gasteiger partial charge in [0.15, 0.2) is 35.5 Å². The Bertz CT molecular complexity index is 1420. The molecule has 0 radical (unpaired) electrons. The van der Waals surface area contributed by atoms with Crippen molar-refractivity contribution in [2.45, 2.75) is 18.0 Å². The number of oxime groups is 1. The predicted octanol–water partition coefficient (Wildman–Crippen LogP) is 0.457. The smallest absolute Gasteiger partial charge is 0.352 e. The van der Waals surface area contributed by atoms with Gasteiger partial charge in [0.25, 0.3) is 11.8 Å². The van der Waals surface area contributed by atoms with Crippen molar-refractivity contribution in [1.82, 2.24) is 20.4 Å². The highest BCUT2D eigenvalue weighted by Gasteiger charge is 2.54. The topological polar surface area (TPSA) is 177 Å². The molecule has 0 aliphatic carbocycles. The highest BCUT2D eigenvalue weighted by Crippen LogP contribution is 2.40. The van der Waals surface area contributed by atoms with Gasteiger partial charge in [-0.3, -0.25) is 14.5 Å². The monoisotopic (exact) mass is 542 g/mol. The van der Waals surface area contributed by atoms with Crippen LogP contribution in [0, 0.1) is 0 Å².